The molecule has 1 aromatic rings. The summed E-state index contributed by atoms with van der Waals surface area (Å²) in [6, 6.07) is 5.29. The lowest BCUT2D eigenvalue weighted by atomic mass is 10.1. The van der Waals surface area contributed by atoms with Gasteiger partial charge in [0.15, 0.2) is 0 Å². The summed E-state index contributed by atoms with van der Waals surface area (Å²) in [6.07, 6.45) is -0.000761. The van der Waals surface area contributed by atoms with Gasteiger partial charge < -0.3 is 15.3 Å². The summed E-state index contributed by atoms with van der Waals surface area (Å²) >= 11 is 3.38. The molecule has 0 spiro atoms. The fourth-order valence-corrected chi connectivity index (χ4v) is 2.38. The molecule has 0 radical (unpaired) electrons. The largest absolute Gasteiger partial charge is 0.481 e. The van der Waals surface area contributed by atoms with Crippen molar-refractivity contribution in [2.24, 2.45) is 0 Å². The second-order valence-corrected chi connectivity index (χ2v) is 5.20. The number of fused-ring (bicyclic) bond motifs is 1. The number of benzene rings is 1. The van der Waals surface area contributed by atoms with Crippen molar-refractivity contribution in [1.29, 1.82) is 0 Å². The molecule has 2 rings (SSSR count). The van der Waals surface area contributed by atoms with E-state index in [2.05, 4.69) is 21.2 Å². The molecule has 0 bridgehead atoms. The monoisotopic (exact) mass is 312 g/mol. The highest BCUT2D eigenvalue weighted by Gasteiger charge is 2.26. The van der Waals surface area contributed by atoms with Crippen LogP contribution >= 0.6 is 15.9 Å². The lowest BCUT2D eigenvalue weighted by molar-refractivity contribution is -0.137. The molecule has 0 saturated carbocycles. The van der Waals surface area contributed by atoms with Gasteiger partial charge in [-0.3, -0.25) is 9.59 Å². The lowest BCUT2D eigenvalue weighted by Crippen LogP contribution is -2.44. The van der Waals surface area contributed by atoms with Crippen molar-refractivity contribution in [3.05, 3.63) is 22.7 Å². The maximum atomic E-state index is 11.6. The molecule has 1 heterocycles. The molecule has 96 valence electrons. The second-order valence-electron chi connectivity index (χ2n) is 4.28. The highest BCUT2D eigenvalue weighted by atomic mass is 79.9. The van der Waals surface area contributed by atoms with E-state index in [0.717, 1.165) is 10.2 Å². The minimum atomic E-state index is -0.870. The van der Waals surface area contributed by atoms with Gasteiger partial charge in [-0.2, -0.15) is 0 Å². The predicted octanol–water partition coefficient (Wildman–Crippen LogP) is 2.07. The van der Waals surface area contributed by atoms with Crippen LogP contribution in [0.5, 0.6) is 0 Å². The molecular weight excluding hydrogens is 300 g/mol. The summed E-state index contributed by atoms with van der Waals surface area (Å²) in [4.78, 5) is 24.2. The van der Waals surface area contributed by atoms with E-state index in [1.165, 1.54) is 0 Å². The molecule has 0 aromatic heterocycles. The third-order valence-electron chi connectivity index (χ3n) is 2.86. The molecular formula is C12H13BrN2O3. The Bertz CT molecular complexity index is 504. The van der Waals surface area contributed by atoms with Crippen molar-refractivity contribution in [2.75, 3.05) is 16.8 Å². The zero-order valence-electron chi connectivity index (χ0n) is 9.81. The van der Waals surface area contributed by atoms with E-state index in [-0.39, 0.29) is 24.9 Å². The Hall–Kier alpha value is -1.56. The number of nitrogens with one attached hydrogen (secondary N) is 1. The first kappa shape index (κ1) is 12.9. The number of aliphatic carboxylic acids is 1. The topological polar surface area (TPSA) is 69.6 Å². The number of hydrogen-bond acceptors (Lipinski definition) is 3. The normalized spacial score (nSPS) is 15.9. The van der Waals surface area contributed by atoms with Crippen molar-refractivity contribution in [2.45, 2.75) is 19.4 Å². The summed E-state index contributed by atoms with van der Waals surface area (Å²) < 4.78 is 0.893. The van der Waals surface area contributed by atoms with E-state index in [4.69, 9.17) is 5.11 Å². The minimum Gasteiger partial charge on any atom is -0.481 e. The molecule has 0 fully saturated rings. The molecule has 6 heteroatoms. The van der Waals surface area contributed by atoms with Gasteiger partial charge in [0.25, 0.3) is 0 Å². The minimum absolute atomic E-state index is 0.000761. The van der Waals surface area contributed by atoms with Gasteiger partial charge in [0.2, 0.25) is 5.91 Å². The van der Waals surface area contributed by atoms with Gasteiger partial charge in [-0.05, 0) is 25.1 Å². The van der Waals surface area contributed by atoms with E-state index >= 15 is 0 Å². The Balaban J connectivity index is 2.34. The Morgan fingerprint density at radius 1 is 1.61 bits per heavy atom. The second kappa shape index (κ2) is 4.97. The van der Waals surface area contributed by atoms with Gasteiger partial charge in [-0.25, -0.2) is 0 Å². The van der Waals surface area contributed by atoms with Crippen LogP contribution in [0.15, 0.2) is 22.7 Å². The maximum Gasteiger partial charge on any atom is 0.305 e. The van der Waals surface area contributed by atoms with Crippen molar-refractivity contribution < 1.29 is 14.7 Å². The molecule has 1 aliphatic rings. The number of carbonyl (C=O) groups excluding carboxylic acids is 1. The van der Waals surface area contributed by atoms with E-state index in [9.17, 15) is 9.59 Å². The summed E-state index contributed by atoms with van der Waals surface area (Å²) in [6.45, 7) is 1.98. The number of hydrogen-bond donors (Lipinski definition) is 2. The fourth-order valence-electron chi connectivity index (χ4n) is 2.03. The molecule has 1 aromatic carbocycles. The van der Waals surface area contributed by atoms with Crippen LogP contribution in [-0.4, -0.2) is 29.6 Å². The Kier molecular flexibility index (Phi) is 3.56. The zero-order valence-corrected chi connectivity index (χ0v) is 11.4. The first-order valence-corrected chi connectivity index (χ1v) is 6.34. The third-order valence-corrected chi connectivity index (χ3v) is 3.35. The number of rotatable bonds is 3. The van der Waals surface area contributed by atoms with Gasteiger partial charge in [0.05, 0.1) is 24.3 Å². The quantitative estimate of drug-likeness (QED) is 0.896. The fraction of sp³-hybridized carbons (Fsp3) is 0.333. The summed E-state index contributed by atoms with van der Waals surface area (Å²) in [5.41, 5.74) is 1.56. The van der Waals surface area contributed by atoms with Crippen LogP contribution in [0.4, 0.5) is 11.4 Å². The van der Waals surface area contributed by atoms with Crippen LogP contribution in [0.2, 0.25) is 0 Å². The smallest absolute Gasteiger partial charge is 0.305 e. The van der Waals surface area contributed by atoms with Crippen molar-refractivity contribution in [3.63, 3.8) is 0 Å². The van der Waals surface area contributed by atoms with E-state index in [1.807, 2.05) is 17.0 Å². The zero-order chi connectivity index (χ0) is 13.3. The van der Waals surface area contributed by atoms with E-state index in [0.29, 0.717) is 5.69 Å². The number of carbonyl (C=O) groups is 2. The van der Waals surface area contributed by atoms with E-state index < -0.39 is 5.97 Å². The molecule has 0 aliphatic carbocycles. The lowest BCUT2D eigenvalue weighted by Gasteiger charge is -2.35. The molecule has 1 atom stereocenters. The van der Waals surface area contributed by atoms with Gasteiger partial charge in [-0.15, -0.1) is 0 Å². The molecule has 1 aliphatic heterocycles. The SMILES string of the molecule is CC(CC(=O)O)N1CC(=O)Nc2ccc(Br)cc21. The molecule has 2 N–H and O–H groups in total. The molecule has 1 unspecified atom stereocenters. The van der Waals surface area contributed by atoms with Crippen LogP contribution in [0, 0.1) is 0 Å². The Labute approximate surface area is 113 Å². The van der Waals surface area contributed by atoms with Gasteiger partial charge in [0, 0.05) is 10.5 Å². The number of nitrogens with zero attached hydrogens (tertiary/aromatic N) is 1. The van der Waals surface area contributed by atoms with Crippen LogP contribution in [-0.2, 0) is 9.59 Å². The maximum absolute atomic E-state index is 11.6. The number of carboxylic acid groups (broad SMARTS) is 1. The Morgan fingerprint density at radius 2 is 2.33 bits per heavy atom. The van der Waals surface area contributed by atoms with Gasteiger partial charge >= 0.3 is 5.97 Å². The first-order valence-electron chi connectivity index (χ1n) is 5.55. The molecule has 1 amide bonds. The third kappa shape index (κ3) is 2.64. The van der Waals surface area contributed by atoms with Crippen LogP contribution in [0.3, 0.4) is 0 Å². The van der Waals surface area contributed by atoms with Crippen molar-refractivity contribution in [1.82, 2.24) is 0 Å². The summed E-state index contributed by atoms with van der Waals surface area (Å²) in [5.74, 6) is -0.993. The number of carboxylic acids is 1. The Morgan fingerprint density at radius 3 is 3.00 bits per heavy atom. The van der Waals surface area contributed by atoms with Crippen LogP contribution < -0.4 is 10.2 Å². The summed E-state index contributed by atoms with van der Waals surface area (Å²) in [7, 11) is 0. The standard InChI is InChI=1S/C12H13BrN2O3/c1-7(4-12(17)18)15-6-11(16)14-9-3-2-8(13)5-10(9)15/h2-3,5,7H,4,6H2,1H3,(H,14,16)(H,17,18). The highest BCUT2D eigenvalue weighted by Crippen LogP contribution is 2.33. The average Bonchev–Trinajstić information content (AvgIpc) is 2.27. The van der Waals surface area contributed by atoms with Gasteiger partial charge in [0.1, 0.15) is 0 Å². The van der Waals surface area contributed by atoms with Gasteiger partial charge in [-0.1, -0.05) is 15.9 Å². The van der Waals surface area contributed by atoms with Crippen molar-refractivity contribution in [3.8, 4) is 0 Å². The summed E-state index contributed by atoms with van der Waals surface area (Å²) in [5, 5.41) is 11.6. The highest BCUT2D eigenvalue weighted by molar-refractivity contribution is 9.10. The number of halogens is 1. The molecule has 5 nitrogen and oxygen atoms in total. The molecule has 0 saturated heterocycles. The number of amides is 1. The molecule has 18 heavy (non-hydrogen) atoms. The predicted molar refractivity (Wildman–Crippen MR) is 71.8 cm³/mol. The first-order chi connectivity index (χ1) is 8.47. The number of anilines is 2. The van der Waals surface area contributed by atoms with Crippen LogP contribution in [0.1, 0.15) is 13.3 Å². The average molecular weight is 313 g/mol. The van der Waals surface area contributed by atoms with Crippen LogP contribution in [0.25, 0.3) is 0 Å². The van der Waals surface area contributed by atoms with E-state index in [1.54, 1.807) is 13.0 Å². The van der Waals surface area contributed by atoms with Crippen molar-refractivity contribution >= 4 is 39.2 Å².